The third-order valence-corrected chi connectivity index (χ3v) is 2.52. The van der Waals surface area contributed by atoms with E-state index in [1.807, 2.05) is 0 Å². The predicted octanol–water partition coefficient (Wildman–Crippen LogP) is 2.49. The molecule has 0 spiro atoms. The van der Waals surface area contributed by atoms with Gasteiger partial charge in [0.25, 0.3) is 0 Å². The summed E-state index contributed by atoms with van der Waals surface area (Å²) >= 11 is 0. The van der Waals surface area contributed by atoms with Gasteiger partial charge in [-0.2, -0.15) is 0 Å². The van der Waals surface area contributed by atoms with Gasteiger partial charge in [-0.3, -0.25) is 0 Å². The van der Waals surface area contributed by atoms with Crippen molar-refractivity contribution in [3.63, 3.8) is 0 Å². The Labute approximate surface area is 139 Å². The molecule has 3 N–H and O–H groups in total. The number of hydrogen-bond acceptors (Lipinski definition) is 6. The van der Waals surface area contributed by atoms with Gasteiger partial charge in [0.05, 0.1) is 0 Å². The molecule has 23 heavy (non-hydrogen) atoms. The molecule has 0 saturated carbocycles. The number of imide groups is 1. The highest BCUT2D eigenvalue weighted by Crippen LogP contribution is 2.14. The van der Waals surface area contributed by atoms with Crippen molar-refractivity contribution in [2.75, 3.05) is 26.2 Å². The van der Waals surface area contributed by atoms with Crippen LogP contribution < -0.4 is 11.1 Å². The first kappa shape index (κ1) is 21.7. The standard InChI is InChI=1S/C16H33N3O4/c1-15(2,3)22-13(20)19(14(21)23-16(4,5)6)12-8-11-18-10-7-9-17/h18H,7-12,17H2,1-6H3. The number of carbonyl (C=O) groups excluding carboxylic acids is 2. The smallest absolute Gasteiger partial charge is 0.419 e. The topological polar surface area (TPSA) is 93.9 Å². The van der Waals surface area contributed by atoms with Crippen LogP contribution in [0.25, 0.3) is 0 Å². The summed E-state index contributed by atoms with van der Waals surface area (Å²) < 4.78 is 10.6. The molecule has 0 aromatic rings. The molecule has 0 saturated heterocycles. The fraction of sp³-hybridized carbons (Fsp3) is 0.875. The Hall–Kier alpha value is -1.34. The molecule has 0 atom stereocenters. The Balaban J connectivity index is 4.61. The minimum Gasteiger partial charge on any atom is -0.443 e. The first-order valence-electron chi connectivity index (χ1n) is 8.10. The molecule has 0 aromatic heterocycles. The summed E-state index contributed by atoms with van der Waals surface area (Å²) in [6.45, 7) is 12.9. The van der Waals surface area contributed by atoms with E-state index < -0.39 is 23.4 Å². The summed E-state index contributed by atoms with van der Waals surface area (Å²) in [5.74, 6) is 0. The van der Waals surface area contributed by atoms with Gasteiger partial charge in [-0.1, -0.05) is 0 Å². The maximum Gasteiger partial charge on any atom is 0.419 e. The number of carbonyl (C=O) groups is 2. The molecule has 0 rings (SSSR count). The van der Waals surface area contributed by atoms with E-state index in [0.29, 0.717) is 19.5 Å². The molecule has 2 amide bonds. The Morgan fingerprint density at radius 3 is 1.74 bits per heavy atom. The third-order valence-electron chi connectivity index (χ3n) is 2.52. The van der Waals surface area contributed by atoms with Crippen LogP contribution >= 0.6 is 0 Å². The summed E-state index contributed by atoms with van der Waals surface area (Å²) in [6, 6.07) is 0. The average molecular weight is 331 g/mol. The number of ether oxygens (including phenoxy) is 2. The number of amides is 2. The minimum atomic E-state index is -0.686. The Kier molecular flexibility index (Phi) is 9.16. The molecule has 0 unspecified atom stereocenters. The van der Waals surface area contributed by atoms with Gasteiger partial charge < -0.3 is 20.5 Å². The summed E-state index contributed by atoms with van der Waals surface area (Å²) in [4.78, 5) is 25.5. The maximum absolute atomic E-state index is 12.2. The first-order valence-corrected chi connectivity index (χ1v) is 8.10. The minimum absolute atomic E-state index is 0.236. The van der Waals surface area contributed by atoms with Crippen LogP contribution in [0.1, 0.15) is 54.4 Å². The molecule has 7 heteroatoms. The molecular weight excluding hydrogens is 298 g/mol. The van der Waals surface area contributed by atoms with Crippen LogP contribution in [0.4, 0.5) is 9.59 Å². The van der Waals surface area contributed by atoms with Crippen molar-refractivity contribution < 1.29 is 19.1 Å². The van der Waals surface area contributed by atoms with Gasteiger partial charge in [-0.05, 0) is 74.0 Å². The van der Waals surface area contributed by atoms with E-state index in [0.717, 1.165) is 17.9 Å². The molecule has 0 bridgehead atoms. The lowest BCUT2D eigenvalue weighted by molar-refractivity contribution is 0.00133. The van der Waals surface area contributed by atoms with Crippen molar-refractivity contribution in [1.82, 2.24) is 10.2 Å². The van der Waals surface area contributed by atoms with E-state index in [1.165, 1.54) is 0 Å². The van der Waals surface area contributed by atoms with Crippen LogP contribution in [0.2, 0.25) is 0 Å². The largest absolute Gasteiger partial charge is 0.443 e. The highest BCUT2D eigenvalue weighted by atomic mass is 16.6. The lowest BCUT2D eigenvalue weighted by Crippen LogP contribution is -2.44. The number of rotatable bonds is 7. The summed E-state index contributed by atoms with van der Waals surface area (Å²) in [5, 5.41) is 3.21. The molecule has 0 heterocycles. The van der Waals surface area contributed by atoms with Gasteiger partial charge in [-0.25, -0.2) is 14.5 Å². The van der Waals surface area contributed by atoms with Crippen molar-refractivity contribution in [1.29, 1.82) is 0 Å². The lowest BCUT2D eigenvalue weighted by atomic mass is 10.2. The molecule has 0 radical (unpaired) electrons. The molecule has 0 aliphatic carbocycles. The normalized spacial score (nSPS) is 12.0. The van der Waals surface area contributed by atoms with E-state index >= 15 is 0 Å². The van der Waals surface area contributed by atoms with Gasteiger partial charge in [-0.15, -0.1) is 0 Å². The lowest BCUT2D eigenvalue weighted by Gasteiger charge is -2.28. The Morgan fingerprint density at radius 2 is 1.35 bits per heavy atom. The van der Waals surface area contributed by atoms with Crippen LogP contribution in [-0.4, -0.2) is 54.5 Å². The van der Waals surface area contributed by atoms with Crippen LogP contribution in [0.3, 0.4) is 0 Å². The summed E-state index contributed by atoms with van der Waals surface area (Å²) in [7, 11) is 0. The van der Waals surface area contributed by atoms with Crippen molar-refractivity contribution in [2.45, 2.75) is 65.6 Å². The van der Waals surface area contributed by atoms with E-state index in [9.17, 15) is 9.59 Å². The monoisotopic (exact) mass is 331 g/mol. The summed E-state index contributed by atoms with van der Waals surface area (Å²) in [6.07, 6.45) is 0.132. The molecule has 0 aromatic carbocycles. The Bertz CT molecular complexity index is 345. The van der Waals surface area contributed by atoms with Crippen molar-refractivity contribution in [3.05, 3.63) is 0 Å². The number of nitrogens with zero attached hydrogens (tertiary/aromatic N) is 1. The highest BCUT2D eigenvalue weighted by Gasteiger charge is 2.30. The number of hydrogen-bond donors (Lipinski definition) is 2. The predicted molar refractivity (Wildman–Crippen MR) is 90.3 cm³/mol. The van der Waals surface area contributed by atoms with E-state index in [-0.39, 0.29) is 6.54 Å². The molecule has 0 aliphatic rings. The van der Waals surface area contributed by atoms with E-state index in [2.05, 4.69) is 5.32 Å². The van der Waals surface area contributed by atoms with E-state index in [1.54, 1.807) is 41.5 Å². The second-order valence-electron chi connectivity index (χ2n) is 7.36. The fourth-order valence-electron chi connectivity index (χ4n) is 1.61. The zero-order valence-corrected chi connectivity index (χ0v) is 15.4. The summed E-state index contributed by atoms with van der Waals surface area (Å²) in [5.41, 5.74) is 4.08. The average Bonchev–Trinajstić information content (AvgIpc) is 2.33. The maximum atomic E-state index is 12.2. The van der Waals surface area contributed by atoms with E-state index in [4.69, 9.17) is 15.2 Å². The zero-order chi connectivity index (χ0) is 18.1. The fourth-order valence-corrected chi connectivity index (χ4v) is 1.61. The van der Waals surface area contributed by atoms with Crippen molar-refractivity contribution in [3.8, 4) is 0 Å². The molecule has 0 fully saturated rings. The van der Waals surface area contributed by atoms with Crippen LogP contribution in [0.5, 0.6) is 0 Å². The van der Waals surface area contributed by atoms with Crippen LogP contribution in [0.15, 0.2) is 0 Å². The quantitative estimate of drug-likeness (QED) is 0.696. The Morgan fingerprint density at radius 1 is 0.913 bits per heavy atom. The third kappa shape index (κ3) is 11.8. The SMILES string of the molecule is CC(C)(C)OC(=O)N(CCCNCCCN)C(=O)OC(C)(C)C. The first-order chi connectivity index (χ1) is 10.5. The van der Waals surface area contributed by atoms with Gasteiger partial charge >= 0.3 is 12.2 Å². The van der Waals surface area contributed by atoms with Gasteiger partial charge in [0.2, 0.25) is 0 Å². The second-order valence-corrected chi connectivity index (χ2v) is 7.36. The zero-order valence-electron chi connectivity index (χ0n) is 15.4. The van der Waals surface area contributed by atoms with Gasteiger partial charge in [0, 0.05) is 6.54 Å². The van der Waals surface area contributed by atoms with Gasteiger partial charge in [0.1, 0.15) is 11.2 Å². The van der Waals surface area contributed by atoms with Crippen molar-refractivity contribution in [2.24, 2.45) is 5.73 Å². The highest BCUT2D eigenvalue weighted by molar-refractivity contribution is 5.88. The van der Waals surface area contributed by atoms with Crippen LogP contribution in [0, 0.1) is 0 Å². The number of nitrogens with one attached hydrogen (secondary N) is 1. The van der Waals surface area contributed by atoms with Crippen molar-refractivity contribution >= 4 is 12.2 Å². The molecule has 7 nitrogen and oxygen atoms in total. The number of nitrogens with two attached hydrogens (primary N) is 1. The second kappa shape index (κ2) is 9.72. The van der Waals surface area contributed by atoms with Gasteiger partial charge in [0.15, 0.2) is 0 Å². The molecule has 0 aliphatic heterocycles. The molecule has 136 valence electrons. The molecular formula is C16H33N3O4. The van der Waals surface area contributed by atoms with Crippen LogP contribution in [-0.2, 0) is 9.47 Å².